The maximum absolute atomic E-state index is 11.4. The first-order valence-corrected chi connectivity index (χ1v) is 5.57. The summed E-state index contributed by atoms with van der Waals surface area (Å²) in [7, 11) is 1.65. The average Bonchev–Trinajstić information content (AvgIpc) is 2.87. The molecule has 1 amide bonds. The zero-order valence-corrected chi connectivity index (χ0v) is 9.79. The zero-order valence-electron chi connectivity index (χ0n) is 9.79. The summed E-state index contributed by atoms with van der Waals surface area (Å²) in [5.74, 6) is 0.00815. The van der Waals surface area contributed by atoms with Crippen LogP contribution in [0.15, 0.2) is 12.5 Å². The highest BCUT2D eigenvalue weighted by molar-refractivity contribution is 5.75. The van der Waals surface area contributed by atoms with Crippen molar-refractivity contribution in [2.24, 2.45) is 0 Å². The number of imidazole rings is 1. The van der Waals surface area contributed by atoms with E-state index < -0.39 is 0 Å². The maximum atomic E-state index is 11.4. The normalized spacial score (nSPS) is 24.6. The van der Waals surface area contributed by atoms with Gasteiger partial charge in [-0.15, -0.1) is 0 Å². The molecule has 5 nitrogen and oxygen atoms in total. The molecule has 0 spiro atoms. The highest BCUT2D eigenvalue weighted by Crippen LogP contribution is 2.29. The highest BCUT2D eigenvalue weighted by Gasteiger charge is 2.33. The Balaban J connectivity index is 2.21. The number of aromatic nitrogens is 2. The first kappa shape index (κ1) is 11.1. The quantitative estimate of drug-likeness (QED) is 0.749. The molecule has 2 heterocycles. The van der Waals surface area contributed by atoms with E-state index >= 15 is 0 Å². The minimum absolute atomic E-state index is 0.00815. The van der Waals surface area contributed by atoms with Gasteiger partial charge in [0.2, 0.25) is 5.91 Å². The predicted molar refractivity (Wildman–Crippen MR) is 61.1 cm³/mol. The van der Waals surface area contributed by atoms with Gasteiger partial charge in [-0.2, -0.15) is 0 Å². The van der Waals surface area contributed by atoms with Crippen LogP contribution in [0.2, 0.25) is 0 Å². The lowest BCUT2D eigenvalue weighted by Gasteiger charge is -2.23. The van der Waals surface area contributed by atoms with Gasteiger partial charge in [0.05, 0.1) is 6.33 Å². The zero-order chi connectivity index (χ0) is 11.6. The van der Waals surface area contributed by atoms with E-state index in [4.69, 9.17) is 0 Å². The second kappa shape index (κ2) is 4.25. The molecule has 0 aliphatic carbocycles. The second-order valence-corrected chi connectivity index (χ2v) is 4.57. The third kappa shape index (κ3) is 1.95. The van der Waals surface area contributed by atoms with Crippen molar-refractivity contribution < 1.29 is 4.79 Å². The summed E-state index contributed by atoms with van der Waals surface area (Å²) in [6, 6.07) is 0. The minimum atomic E-state index is 0.00815. The molecule has 5 heteroatoms. The molecule has 1 atom stereocenters. The summed E-state index contributed by atoms with van der Waals surface area (Å²) in [6.45, 7) is 4.54. The third-order valence-corrected chi connectivity index (χ3v) is 3.29. The van der Waals surface area contributed by atoms with Crippen molar-refractivity contribution in [1.29, 1.82) is 0 Å². The summed E-state index contributed by atoms with van der Waals surface area (Å²) in [4.78, 5) is 15.5. The molecule has 2 N–H and O–H groups in total. The van der Waals surface area contributed by atoms with Crippen LogP contribution in [0.3, 0.4) is 0 Å². The van der Waals surface area contributed by atoms with Crippen LogP contribution in [0.4, 0.5) is 0 Å². The van der Waals surface area contributed by atoms with Gasteiger partial charge < -0.3 is 15.2 Å². The Hall–Kier alpha value is -1.36. The fraction of sp³-hybridized carbons (Fsp3) is 0.636. The Morgan fingerprint density at radius 1 is 1.75 bits per heavy atom. The first-order chi connectivity index (χ1) is 7.65. The smallest absolute Gasteiger partial charge is 0.239 e. The van der Waals surface area contributed by atoms with E-state index in [1.54, 1.807) is 13.4 Å². The molecule has 0 bridgehead atoms. The Kier molecular flexibility index (Phi) is 2.96. The predicted octanol–water partition coefficient (Wildman–Crippen LogP) is -0.120. The molecule has 0 aromatic carbocycles. The molecular weight excluding hydrogens is 204 g/mol. The molecule has 88 valence electrons. The summed E-state index contributed by atoms with van der Waals surface area (Å²) in [6.07, 6.45) is 4.69. The number of likely N-dealkylation sites (N-methyl/N-ethyl adjacent to an activating group) is 1. The van der Waals surface area contributed by atoms with Crippen LogP contribution in [0, 0.1) is 0 Å². The van der Waals surface area contributed by atoms with Gasteiger partial charge in [-0.05, 0) is 13.0 Å². The van der Waals surface area contributed by atoms with Gasteiger partial charge in [-0.1, -0.05) is 6.92 Å². The largest absolute Gasteiger partial charge is 0.358 e. The number of carbonyl (C=O) groups is 1. The van der Waals surface area contributed by atoms with Crippen LogP contribution < -0.4 is 10.6 Å². The lowest BCUT2D eigenvalue weighted by molar-refractivity contribution is -0.121. The average molecular weight is 222 g/mol. The monoisotopic (exact) mass is 222 g/mol. The summed E-state index contributed by atoms with van der Waals surface area (Å²) in [5.41, 5.74) is 1.24. The van der Waals surface area contributed by atoms with Crippen LogP contribution in [0.25, 0.3) is 0 Å². The Bertz CT molecular complexity index is 379. The molecule has 1 aromatic rings. The van der Waals surface area contributed by atoms with E-state index in [0.29, 0.717) is 6.54 Å². The second-order valence-electron chi connectivity index (χ2n) is 4.57. The molecule has 1 fully saturated rings. The van der Waals surface area contributed by atoms with E-state index in [1.807, 2.05) is 10.8 Å². The van der Waals surface area contributed by atoms with Crippen LogP contribution in [0.5, 0.6) is 0 Å². The molecule has 1 aliphatic heterocycles. The van der Waals surface area contributed by atoms with Gasteiger partial charge in [0.25, 0.3) is 0 Å². The van der Waals surface area contributed by atoms with E-state index in [-0.39, 0.29) is 11.3 Å². The molecule has 1 saturated heterocycles. The number of amides is 1. The Morgan fingerprint density at radius 2 is 2.56 bits per heavy atom. The SMILES string of the molecule is CNC(=O)Cn1cncc1C1(C)CCNC1. The molecule has 1 aromatic heterocycles. The lowest BCUT2D eigenvalue weighted by atomic mass is 9.86. The van der Waals surface area contributed by atoms with Gasteiger partial charge in [0, 0.05) is 30.9 Å². The number of carbonyl (C=O) groups excluding carboxylic acids is 1. The number of rotatable bonds is 3. The van der Waals surface area contributed by atoms with Crippen molar-refractivity contribution >= 4 is 5.91 Å². The number of nitrogens with zero attached hydrogens (tertiary/aromatic N) is 2. The van der Waals surface area contributed by atoms with E-state index in [2.05, 4.69) is 22.5 Å². The summed E-state index contributed by atoms with van der Waals surface area (Å²) in [5, 5.41) is 5.98. The van der Waals surface area contributed by atoms with Gasteiger partial charge in [-0.3, -0.25) is 4.79 Å². The van der Waals surface area contributed by atoms with Crippen LogP contribution in [0.1, 0.15) is 19.0 Å². The fourth-order valence-electron chi connectivity index (χ4n) is 2.22. The van der Waals surface area contributed by atoms with Gasteiger partial charge >= 0.3 is 0 Å². The maximum Gasteiger partial charge on any atom is 0.239 e. The van der Waals surface area contributed by atoms with Crippen molar-refractivity contribution in [3.8, 4) is 0 Å². The number of nitrogens with one attached hydrogen (secondary N) is 2. The molecule has 2 rings (SSSR count). The van der Waals surface area contributed by atoms with Gasteiger partial charge in [0.1, 0.15) is 6.54 Å². The van der Waals surface area contributed by atoms with E-state index in [1.165, 1.54) is 0 Å². The van der Waals surface area contributed by atoms with Crippen molar-refractivity contribution in [3.63, 3.8) is 0 Å². The van der Waals surface area contributed by atoms with Crippen LogP contribution >= 0.6 is 0 Å². The molecule has 0 radical (unpaired) electrons. The Labute approximate surface area is 95.2 Å². The molecule has 1 unspecified atom stereocenters. The fourth-order valence-corrected chi connectivity index (χ4v) is 2.22. The number of hydrogen-bond acceptors (Lipinski definition) is 3. The molecule has 0 saturated carbocycles. The molecule has 1 aliphatic rings. The number of hydrogen-bond donors (Lipinski definition) is 2. The van der Waals surface area contributed by atoms with Crippen LogP contribution in [-0.2, 0) is 16.8 Å². The van der Waals surface area contributed by atoms with E-state index in [9.17, 15) is 4.79 Å². The standard InChI is InChI=1S/C11H18N4O/c1-11(3-4-13-7-11)9-5-14-8-15(9)6-10(16)12-2/h5,8,13H,3-4,6-7H2,1-2H3,(H,12,16). The summed E-state index contributed by atoms with van der Waals surface area (Å²) >= 11 is 0. The third-order valence-electron chi connectivity index (χ3n) is 3.29. The highest BCUT2D eigenvalue weighted by atomic mass is 16.1. The molecular formula is C11H18N4O. The molecule has 16 heavy (non-hydrogen) atoms. The van der Waals surface area contributed by atoms with Gasteiger partial charge in [-0.25, -0.2) is 4.98 Å². The Morgan fingerprint density at radius 3 is 3.19 bits per heavy atom. The van der Waals surface area contributed by atoms with Crippen molar-refractivity contribution in [3.05, 3.63) is 18.2 Å². The lowest BCUT2D eigenvalue weighted by Crippen LogP contribution is -2.31. The van der Waals surface area contributed by atoms with Crippen molar-refractivity contribution in [1.82, 2.24) is 20.2 Å². The van der Waals surface area contributed by atoms with Gasteiger partial charge in [0.15, 0.2) is 0 Å². The minimum Gasteiger partial charge on any atom is -0.358 e. The van der Waals surface area contributed by atoms with Crippen molar-refractivity contribution in [2.45, 2.75) is 25.3 Å². The van der Waals surface area contributed by atoms with Crippen molar-refractivity contribution in [2.75, 3.05) is 20.1 Å². The topological polar surface area (TPSA) is 59.0 Å². The first-order valence-electron chi connectivity index (χ1n) is 5.57. The van der Waals surface area contributed by atoms with Crippen LogP contribution in [-0.4, -0.2) is 35.6 Å². The summed E-state index contributed by atoms with van der Waals surface area (Å²) < 4.78 is 1.94. The van der Waals surface area contributed by atoms with E-state index in [0.717, 1.165) is 25.2 Å².